The van der Waals surface area contributed by atoms with Crippen molar-refractivity contribution < 1.29 is 19.1 Å². The van der Waals surface area contributed by atoms with Crippen LogP contribution in [0.15, 0.2) is 42.5 Å². The lowest BCUT2D eigenvalue weighted by molar-refractivity contribution is 0.0600. The third kappa shape index (κ3) is 3.86. The van der Waals surface area contributed by atoms with E-state index in [-0.39, 0.29) is 5.91 Å². The summed E-state index contributed by atoms with van der Waals surface area (Å²) in [6.07, 6.45) is 0. The van der Waals surface area contributed by atoms with Gasteiger partial charge in [-0.25, -0.2) is 4.79 Å². The molecule has 1 aliphatic heterocycles. The Morgan fingerprint density at radius 3 is 2.54 bits per heavy atom. The molecule has 0 aromatic heterocycles. The molecule has 0 radical (unpaired) electrons. The molecule has 1 N–H and O–H groups in total. The molecule has 26 heavy (non-hydrogen) atoms. The molecule has 136 valence electrons. The first-order valence-corrected chi connectivity index (χ1v) is 8.52. The highest BCUT2D eigenvalue weighted by Gasteiger charge is 2.19. The Morgan fingerprint density at radius 2 is 1.85 bits per heavy atom. The van der Waals surface area contributed by atoms with Crippen molar-refractivity contribution in [3.8, 4) is 0 Å². The summed E-state index contributed by atoms with van der Waals surface area (Å²) in [7, 11) is 1.34. The summed E-state index contributed by atoms with van der Waals surface area (Å²) >= 11 is 0. The number of carbonyl (C=O) groups is 2. The van der Waals surface area contributed by atoms with Crippen molar-refractivity contribution >= 4 is 23.3 Å². The van der Waals surface area contributed by atoms with Gasteiger partial charge in [0.05, 0.1) is 37.3 Å². The predicted molar refractivity (Wildman–Crippen MR) is 99.9 cm³/mol. The molecule has 0 saturated carbocycles. The van der Waals surface area contributed by atoms with E-state index in [1.54, 1.807) is 18.2 Å². The fourth-order valence-electron chi connectivity index (χ4n) is 2.98. The van der Waals surface area contributed by atoms with Gasteiger partial charge < -0.3 is 19.7 Å². The van der Waals surface area contributed by atoms with E-state index in [1.807, 2.05) is 31.2 Å². The number of nitrogens with zero attached hydrogens (tertiary/aromatic N) is 1. The second-order valence-corrected chi connectivity index (χ2v) is 6.09. The fraction of sp³-hybridized carbons (Fsp3) is 0.300. The zero-order chi connectivity index (χ0) is 18.5. The maximum absolute atomic E-state index is 12.8. The molecule has 1 aliphatic rings. The van der Waals surface area contributed by atoms with E-state index < -0.39 is 5.97 Å². The zero-order valence-corrected chi connectivity index (χ0v) is 15.0. The monoisotopic (exact) mass is 354 g/mol. The third-order valence-corrected chi connectivity index (χ3v) is 4.41. The second kappa shape index (κ2) is 8.01. The van der Waals surface area contributed by atoms with Gasteiger partial charge in [0.2, 0.25) is 0 Å². The number of nitrogens with one attached hydrogen (secondary N) is 1. The van der Waals surface area contributed by atoms with Crippen LogP contribution >= 0.6 is 0 Å². The van der Waals surface area contributed by atoms with Crippen LogP contribution in [-0.2, 0) is 9.47 Å². The Hall–Kier alpha value is -2.86. The summed E-state index contributed by atoms with van der Waals surface area (Å²) in [5.74, 6) is -0.649. The first kappa shape index (κ1) is 17.9. The van der Waals surface area contributed by atoms with Gasteiger partial charge in [0, 0.05) is 18.7 Å². The van der Waals surface area contributed by atoms with Crippen LogP contribution in [0.4, 0.5) is 11.4 Å². The molecule has 0 spiro atoms. The molecule has 6 nitrogen and oxygen atoms in total. The smallest absolute Gasteiger partial charge is 0.337 e. The molecule has 3 rings (SSSR count). The number of ether oxygens (including phenoxy) is 2. The minimum absolute atomic E-state index is 0.209. The molecule has 0 bridgehead atoms. The summed E-state index contributed by atoms with van der Waals surface area (Å²) in [6.45, 7) is 4.60. The van der Waals surface area contributed by atoms with Gasteiger partial charge in [-0.2, -0.15) is 0 Å². The van der Waals surface area contributed by atoms with Gasteiger partial charge in [-0.15, -0.1) is 0 Å². The number of morpholine rings is 1. The molecule has 1 saturated heterocycles. The normalized spacial score (nSPS) is 14.0. The lowest BCUT2D eigenvalue weighted by Crippen LogP contribution is -2.36. The van der Waals surface area contributed by atoms with Crippen molar-refractivity contribution in [3.05, 3.63) is 59.2 Å². The Kier molecular flexibility index (Phi) is 5.53. The van der Waals surface area contributed by atoms with Crippen LogP contribution in [0.5, 0.6) is 0 Å². The van der Waals surface area contributed by atoms with Crippen molar-refractivity contribution in [1.82, 2.24) is 0 Å². The predicted octanol–water partition coefficient (Wildman–Crippen LogP) is 2.87. The molecular weight excluding hydrogens is 332 g/mol. The van der Waals surface area contributed by atoms with Crippen molar-refractivity contribution in [3.63, 3.8) is 0 Å². The quantitative estimate of drug-likeness (QED) is 0.855. The molecule has 6 heteroatoms. The van der Waals surface area contributed by atoms with Crippen LogP contribution in [-0.4, -0.2) is 45.3 Å². The van der Waals surface area contributed by atoms with E-state index in [2.05, 4.69) is 10.2 Å². The number of hydrogen-bond acceptors (Lipinski definition) is 5. The molecule has 0 unspecified atom stereocenters. The minimum Gasteiger partial charge on any atom is -0.465 e. The number of anilines is 2. The van der Waals surface area contributed by atoms with Crippen molar-refractivity contribution in [2.24, 2.45) is 0 Å². The van der Waals surface area contributed by atoms with E-state index in [0.29, 0.717) is 30.0 Å². The number of esters is 1. The van der Waals surface area contributed by atoms with Gasteiger partial charge in [0.1, 0.15) is 0 Å². The van der Waals surface area contributed by atoms with Gasteiger partial charge in [0.15, 0.2) is 0 Å². The van der Waals surface area contributed by atoms with Crippen LogP contribution in [0.1, 0.15) is 26.3 Å². The van der Waals surface area contributed by atoms with E-state index >= 15 is 0 Å². The van der Waals surface area contributed by atoms with Crippen LogP contribution in [0.2, 0.25) is 0 Å². The fourth-order valence-corrected chi connectivity index (χ4v) is 2.98. The highest BCUT2D eigenvalue weighted by molar-refractivity contribution is 6.07. The van der Waals surface area contributed by atoms with Gasteiger partial charge in [-0.1, -0.05) is 18.2 Å². The molecule has 0 aliphatic carbocycles. The maximum atomic E-state index is 12.8. The lowest BCUT2D eigenvalue weighted by Gasteiger charge is -2.30. The Labute approximate surface area is 152 Å². The van der Waals surface area contributed by atoms with Crippen LogP contribution < -0.4 is 10.2 Å². The van der Waals surface area contributed by atoms with Crippen LogP contribution in [0.25, 0.3) is 0 Å². The van der Waals surface area contributed by atoms with Gasteiger partial charge in [-0.05, 0) is 36.8 Å². The molecule has 1 heterocycles. The van der Waals surface area contributed by atoms with Gasteiger partial charge in [-0.3, -0.25) is 4.79 Å². The van der Waals surface area contributed by atoms with E-state index in [1.165, 1.54) is 7.11 Å². The number of methoxy groups -OCH3 is 1. The topological polar surface area (TPSA) is 67.9 Å². The van der Waals surface area contributed by atoms with Crippen molar-refractivity contribution in [1.29, 1.82) is 0 Å². The van der Waals surface area contributed by atoms with E-state index in [0.717, 1.165) is 24.3 Å². The lowest BCUT2D eigenvalue weighted by atomic mass is 10.1. The van der Waals surface area contributed by atoms with E-state index in [4.69, 9.17) is 9.47 Å². The largest absolute Gasteiger partial charge is 0.465 e. The van der Waals surface area contributed by atoms with Gasteiger partial charge >= 0.3 is 5.97 Å². The minimum atomic E-state index is -0.440. The summed E-state index contributed by atoms with van der Waals surface area (Å²) < 4.78 is 10.2. The summed E-state index contributed by atoms with van der Waals surface area (Å²) in [6, 6.07) is 12.6. The molecule has 0 atom stereocenters. The zero-order valence-electron chi connectivity index (χ0n) is 15.0. The number of aryl methyl sites for hydroxylation is 1. The number of rotatable bonds is 4. The second-order valence-electron chi connectivity index (χ2n) is 6.09. The molecule has 1 fully saturated rings. The van der Waals surface area contributed by atoms with Crippen molar-refractivity contribution in [2.75, 3.05) is 43.6 Å². The van der Waals surface area contributed by atoms with Crippen LogP contribution in [0.3, 0.4) is 0 Å². The van der Waals surface area contributed by atoms with Crippen LogP contribution in [0, 0.1) is 6.92 Å². The first-order valence-electron chi connectivity index (χ1n) is 8.52. The number of hydrogen-bond donors (Lipinski definition) is 1. The summed E-state index contributed by atoms with van der Waals surface area (Å²) in [4.78, 5) is 26.8. The molecule has 1 amide bonds. The Morgan fingerprint density at radius 1 is 1.12 bits per heavy atom. The molecule has 2 aromatic carbocycles. The molecular formula is C20H22N2O4. The average Bonchev–Trinajstić information content (AvgIpc) is 2.68. The average molecular weight is 354 g/mol. The number of amides is 1. The number of benzene rings is 2. The standard InChI is InChI=1S/C20H22N2O4/c1-14-5-3-4-6-16(14)19(23)21-17-13-15(20(24)25-2)7-8-18(17)22-9-11-26-12-10-22/h3-8,13H,9-12H2,1-2H3,(H,21,23). The highest BCUT2D eigenvalue weighted by atomic mass is 16.5. The SMILES string of the molecule is COC(=O)c1ccc(N2CCOCC2)c(NC(=O)c2ccccc2C)c1. The maximum Gasteiger partial charge on any atom is 0.337 e. The first-order chi connectivity index (χ1) is 12.6. The third-order valence-electron chi connectivity index (χ3n) is 4.41. The summed E-state index contributed by atoms with van der Waals surface area (Å²) in [5.41, 5.74) is 3.33. The summed E-state index contributed by atoms with van der Waals surface area (Å²) in [5, 5.41) is 2.96. The Bertz CT molecular complexity index is 813. The molecule has 2 aromatic rings. The van der Waals surface area contributed by atoms with Crippen molar-refractivity contribution in [2.45, 2.75) is 6.92 Å². The van der Waals surface area contributed by atoms with E-state index in [9.17, 15) is 9.59 Å². The van der Waals surface area contributed by atoms with Gasteiger partial charge in [0.25, 0.3) is 5.91 Å². The number of carbonyl (C=O) groups excluding carboxylic acids is 2. The highest BCUT2D eigenvalue weighted by Crippen LogP contribution is 2.29. The Balaban J connectivity index is 1.94.